The van der Waals surface area contributed by atoms with Gasteiger partial charge in [0.1, 0.15) is 5.82 Å². The number of hydrogen-bond acceptors (Lipinski definition) is 1. The van der Waals surface area contributed by atoms with E-state index in [1.807, 2.05) is 30.3 Å². The molecule has 0 bridgehead atoms. The van der Waals surface area contributed by atoms with Gasteiger partial charge in [-0.1, -0.05) is 48.9 Å². The minimum absolute atomic E-state index is 0.166. The molecule has 100 valence electrons. The molecular weight excluding hydrogens is 261 g/mol. The molecule has 0 amide bonds. The van der Waals surface area contributed by atoms with E-state index >= 15 is 0 Å². The van der Waals surface area contributed by atoms with Crippen molar-refractivity contribution in [3.63, 3.8) is 0 Å². The monoisotopic (exact) mass is 277 g/mol. The Morgan fingerprint density at radius 3 is 2.42 bits per heavy atom. The highest BCUT2D eigenvalue weighted by atomic mass is 35.5. The van der Waals surface area contributed by atoms with E-state index in [0.29, 0.717) is 12.1 Å². The summed E-state index contributed by atoms with van der Waals surface area (Å²) >= 11 is 5.88. The highest BCUT2D eigenvalue weighted by Gasteiger charge is 2.09. The van der Waals surface area contributed by atoms with Crippen molar-refractivity contribution in [3.8, 4) is 0 Å². The van der Waals surface area contributed by atoms with Gasteiger partial charge >= 0.3 is 0 Å². The maximum atomic E-state index is 13.5. The molecule has 0 radical (unpaired) electrons. The molecule has 0 heterocycles. The fraction of sp³-hybridized carbons (Fsp3) is 0.250. The van der Waals surface area contributed by atoms with E-state index in [1.165, 1.54) is 11.6 Å². The summed E-state index contributed by atoms with van der Waals surface area (Å²) in [6.45, 7) is 2.63. The molecule has 0 aliphatic rings. The van der Waals surface area contributed by atoms with E-state index < -0.39 is 0 Å². The summed E-state index contributed by atoms with van der Waals surface area (Å²) in [4.78, 5) is 0. The van der Waals surface area contributed by atoms with Crippen LogP contribution in [0.3, 0.4) is 0 Å². The average Bonchev–Trinajstić information content (AvgIpc) is 2.43. The summed E-state index contributed by atoms with van der Waals surface area (Å²) in [5.41, 5.74) is 1.86. The van der Waals surface area contributed by atoms with Crippen LogP contribution in [-0.4, -0.2) is 0 Å². The lowest BCUT2D eigenvalue weighted by Crippen LogP contribution is -2.20. The minimum atomic E-state index is -0.166. The molecule has 0 aliphatic heterocycles. The van der Waals surface area contributed by atoms with Crippen LogP contribution in [0.5, 0.6) is 0 Å². The first-order chi connectivity index (χ1) is 9.20. The van der Waals surface area contributed by atoms with E-state index in [1.54, 1.807) is 12.1 Å². The molecule has 0 fully saturated rings. The molecule has 0 saturated heterocycles. The SMILES string of the molecule is CCC(NCc1ccccc1F)c1ccc(Cl)cc1. The van der Waals surface area contributed by atoms with Crippen molar-refractivity contribution in [1.29, 1.82) is 0 Å². The standard InChI is InChI=1S/C16H17ClFN/c1-2-16(12-7-9-14(17)10-8-12)19-11-13-5-3-4-6-15(13)18/h3-10,16,19H,2,11H2,1H3. The zero-order valence-electron chi connectivity index (χ0n) is 10.9. The Morgan fingerprint density at radius 2 is 1.79 bits per heavy atom. The molecule has 2 rings (SSSR count). The predicted octanol–water partition coefficient (Wildman–Crippen LogP) is 4.72. The Bertz CT molecular complexity index is 525. The van der Waals surface area contributed by atoms with Gasteiger partial charge in [-0.15, -0.1) is 0 Å². The van der Waals surface area contributed by atoms with E-state index in [2.05, 4.69) is 12.2 Å². The van der Waals surface area contributed by atoms with Gasteiger partial charge in [0.15, 0.2) is 0 Å². The molecule has 1 unspecified atom stereocenters. The molecule has 0 aliphatic carbocycles. The number of hydrogen-bond donors (Lipinski definition) is 1. The third-order valence-corrected chi connectivity index (χ3v) is 3.43. The summed E-state index contributed by atoms with van der Waals surface area (Å²) in [7, 11) is 0. The molecule has 0 aromatic heterocycles. The first-order valence-electron chi connectivity index (χ1n) is 6.43. The zero-order valence-corrected chi connectivity index (χ0v) is 11.6. The second-order valence-electron chi connectivity index (χ2n) is 4.48. The van der Waals surface area contributed by atoms with Crippen molar-refractivity contribution >= 4 is 11.6 Å². The predicted molar refractivity (Wildman–Crippen MR) is 77.7 cm³/mol. The van der Waals surface area contributed by atoms with Gasteiger partial charge in [-0.3, -0.25) is 0 Å². The van der Waals surface area contributed by atoms with Crippen molar-refractivity contribution in [2.45, 2.75) is 25.9 Å². The Balaban J connectivity index is 2.04. The maximum absolute atomic E-state index is 13.5. The van der Waals surface area contributed by atoms with Gasteiger partial charge < -0.3 is 5.32 Å². The van der Waals surface area contributed by atoms with Crippen LogP contribution in [0.4, 0.5) is 4.39 Å². The van der Waals surface area contributed by atoms with Crippen molar-refractivity contribution in [2.24, 2.45) is 0 Å². The first-order valence-corrected chi connectivity index (χ1v) is 6.80. The maximum Gasteiger partial charge on any atom is 0.127 e. The van der Waals surface area contributed by atoms with Crippen LogP contribution in [-0.2, 0) is 6.54 Å². The second-order valence-corrected chi connectivity index (χ2v) is 4.92. The van der Waals surface area contributed by atoms with E-state index in [9.17, 15) is 4.39 Å². The summed E-state index contributed by atoms with van der Waals surface area (Å²) in [5.74, 6) is -0.166. The summed E-state index contributed by atoms with van der Waals surface area (Å²) in [6.07, 6.45) is 0.941. The summed E-state index contributed by atoms with van der Waals surface area (Å²) in [6, 6.07) is 14.8. The van der Waals surface area contributed by atoms with Crippen LogP contribution in [0.2, 0.25) is 5.02 Å². The van der Waals surface area contributed by atoms with Crippen molar-refractivity contribution in [2.75, 3.05) is 0 Å². The molecule has 0 spiro atoms. The third kappa shape index (κ3) is 3.79. The number of rotatable bonds is 5. The molecule has 3 heteroatoms. The lowest BCUT2D eigenvalue weighted by Gasteiger charge is -2.18. The average molecular weight is 278 g/mol. The van der Waals surface area contributed by atoms with Gasteiger partial charge in [-0.25, -0.2) is 4.39 Å². The van der Waals surface area contributed by atoms with Crippen molar-refractivity contribution in [1.82, 2.24) is 5.32 Å². The van der Waals surface area contributed by atoms with Crippen LogP contribution in [0.25, 0.3) is 0 Å². The zero-order chi connectivity index (χ0) is 13.7. The molecule has 0 saturated carbocycles. The Morgan fingerprint density at radius 1 is 1.11 bits per heavy atom. The van der Waals surface area contributed by atoms with E-state index in [0.717, 1.165) is 11.4 Å². The first kappa shape index (κ1) is 14.0. The molecule has 19 heavy (non-hydrogen) atoms. The van der Waals surface area contributed by atoms with E-state index in [4.69, 9.17) is 11.6 Å². The van der Waals surface area contributed by atoms with Gasteiger partial charge in [-0.05, 0) is 30.2 Å². The molecule has 1 nitrogen and oxygen atoms in total. The van der Waals surface area contributed by atoms with Crippen molar-refractivity contribution in [3.05, 3.63) is 70.5 Å². The molecule has 1 atom stereocenters. The second kappa shape index (κ2) is 6.69. The van der Waals surface area contributed by atoms with Crippen LogP contribution < -0.4 is 5.32 Å². The Labute approximate surface area is 118 Å². The molecule has 1 N–H and O–H groups in total. The van der Waals surface area contributed by atoms with Gasteiger partial charge in [0.2, 0.25) is 0 Å². The molecular formula is C16H17ClFN. The third-order valence-electron chi connectivity index (χ3n) is 3.18. The highest BCUT2D eigenvalue weighted by molar-refractivity contribution is 6.30. The Kier molecular flexibility index (Phi) is 4.94. The van der Waals surface area contributed by atoms with Gasteiger partial charge in [0.25, 0.3) is 0 Å². The highest BCUT2D eigenvalue weighted by Crippen LogP contribution is 2.20. The number of nitrogens with one attached hydrogen (secondary N) is 1. The lowest BCUT2D eigenvalue weighted by molar-refractivity contribution is 0.504. The number of benzene rings is 2. The van der Waals surface area contributed by atoms with Crippen LogP contribution in [0.15, 0.2) is 48.5 Å². The summed E-state index contributed by atoms with van der Waals surface area (Å²) < 4.78 is 13.5. The largest absolute Gasteiger partial charge is 0.306 e. The fourth-order valence-corrected chi connectivity index (χ4v) is 2.19. The van der Waals surface area contributed by atoms with Crippen molar-refractivity contribution < 1.29 is 4.39 Å². The fourth-order valence-electron chi connectivity index (χ4n) is 2.07. The van der Waals surface area contributed by atoms with Crippen LogP contribution in [0.1, 0.15) is 30.5 Å². The van der Waals surface area contributed by atoms with Gasteiger partial charge in [0, 0.05) is 23.2 Å². The topological polar surface area (TPSA) is 12.0 Å². The minimum Gasteiger partial charge on any atom is -0.306 e. The van der Waals surface area contributed by atoms with E-state index in [-0.39, 0.29) is 11.9 Å². The van der Waals surface area contributed by atoms with Gasteiger partial charge in [-0.2, -0.15) is 0 Å². The smallest absolute Gasteiger partial charge is 0.127 e. The summed E-state index contributed by atoms with van der Waals surface area (Å²) in [5, 5.41) is 4.11. The van der Waals surface area contributed by atoms with Crippen LogP contribution in [0, 0.1) is 5.82 Å². The normalized spacial score (nSPS) is 12.4. The molecule has 2 aromatic carbocycles. The lowest BCUT2D eigenvalue weighted by atomic mass is 10.0. The Hall–Kier alpha value is -1.38. The quantitative estimate of drug-likeness (QED) is 0.834. The van der Waals surface area contributed by atoms with Crippen LogP contribution >= 0.6 is 11.6 Å². The molecule has 2 aromatic rings. The van der Waals surface area contributed by atoms with Gasteiger partial charge in [0.05, 0.1) is 0 Å². The number of halogens is 2.